The average molecular weight is 248 g/mol. The summed E-state index contributed by atoms with van der Waals surface area (Å²) in [5.74, 6) is 0.839. The van der Waals surface area contributed by atoms with E-state index in [9.17, 15) is 8.42 Å². The van der Waals surface area contributed by atoms with Gasteiger partial charge in [0.15, 0.2) is 0 Å². The lowest BCUT2D eigenvalue weighted by atomic mass is 10.5. The van der Waals surface area contributed by atoms with Crippen molar-refractivity contribution in [1.82, 2.24) is 4.98 Å². The van der Waals surface area contributed by atoms with Crippen molar-refractivity contribution >= 4 is 21.8 Å². The molecule has 2 N–H and O–H groups in total. The molecule has 0 saturated carbocycles. The molecule has 1 heterocycles. The molecular weight excluding hydrogens is 236 g/mol. The topological polar surface area (TPSA) is 82.3 Å². The minimum absolute atomic E-state index is 0.0590. The van der Waals surface area contributed by atoms with E-state index in [1.165, 1.54) is 18.9 Å². The molecule has 5 nitrogen and oxygen atoms in total. The van der Waals surface area contributed by atoms with Crippen LogP contribution >= 0.6 is 11.8 Å². The van der Waals surface area contributed by atoms with Crippen LogP contribution in [0.1, 0.15) is 0 Å². The fraction of sp³-hybridized carbons (Fsp3) is 0.375. The van der Waals surface area contributed by atoms with Crippen molar-refractivity contribution in [2.75, 3.05) is 18.6 Å². The second kappa shape index (κ2) is 5.34. The third-order valence-corrected chi connectivity index (χ3v) is 3.49. The third-order valence-electron chi connectivity index (χ3n) is 1.52. The van der Waals surface area contributed by atoms with Gasteiger partial charge < -0.3 is 4.74 Å². The van der Waals surface area contributed by atoms with Gasteiger partial charge in [-0.2, -0.15) is 0 Å². The first-order valence-electron chi connectivity index (χ1n) is 4.15. The summed E-state index contributed by atoms with van der Waals surface area (Å²) in [5, 5.41) is 5.59. The molecule has 0 aliphatic carbocycles. The SMILES string of the molecule is COc1cccc(SCCS(N)(=O)=O)n1. The van der Waals surface area contributed by atoms with Crippen molar-refractivity contribution < 1.29 is 13.2 Å². The maximum Gasteiger partial charge on any atom is 0.213 e. The van der Waals surface area contributed by atoms with Crippen molar-refractivity contribution in [2.45, 2.75) is 5.03 Å². The second-order valence-corrected chi connectivity index (χ2v) is 5.58. The van der Waals surface area contributed by atoms with Crippen LogP contribution in [0.25, 0.3) is 0 Å². The van der Waals surface area contributed by atoms with Gasteiger partial charge in [0, 0.05) is 11.8 Å². The van der Waals surface area contributed by atoms with Gasteiger partial charge >= 0.3 is 0 Å². The molecule has 0 unspecified atom stereocenters. The Labute approximate surface area is 93.1 Å². The van der Waals surface area contributed by atoms with E-state index in [1.807, 2.05) is 0 Å². The Morgan fingerprint density at radius 3 is 2.87 bits per heavy atom. The molecule has 0 bridgehead atoms. The summed E-state index contributed by atoms with van der Waals surface area (Å²) in [4.78, 5) is 4.12. The number of nitrogens with zero attached hydrogens (tertiary/aromatic N) is 1. The number of aromatic nitrogens is 1. The fourth-order valence-electron chi connectivity index (χ4n) is 0.852. The predicted molar refractivity (Wildman–Crippen MR) is 59.5 cm³/mol. The lowest BCUT2D eigenvalue weighted by Gasteiger charge is -2.02. The molecule has 0 aliphatic heterocycles. The normalized spacial score (nSPS) is 11.3. The van der Waals surface area contributed by atoms with E-state index in [4.69, 9.17) is 9.88 Å². The molecule has 1 aromatic heterocycles. The number of methoxy groups -OCH3 is 1. The average Bonchev–Trinajstić information content (AvgIpc) is 2.16. The molecule has 0 aliphatic rings. The van der Waals surface area contributed by atoms with Crippen LogP contribution in [0.5, 0.6) is 5.88 Å². The summed E-state index contributed by atoms with van der Waals surface area (Å²) >= 11 is 1.33. The number of pyridine rings is 1. The third kappa shape index (κ3) is 5.01. The molecule has 1 rings (SSSR count). The van der Waals surface area contributed by atoms with Crippen LogP contribution in [0, 0.1) is 0 Å². The lowest BCUT2D eigenvalue weighted by Crippen LogP contribution is -2.17. The standard InChI is InChI=1S/C8H12N2O3S2/c1-13-7-3-2-4-8(10-7)14-5-6-15(9,11)12/h2-4H,5-6H2,1H3,(H2,9,11,12). The van der Waals surface area contributed by atoms with E-state index in [0.29, 0.717) is 11.6 Å². The summed E-state index contributed by atoms with van der Waals surface area (Å²) < 4.78 is 26.3. The molecule has 7 heteroatoms. The van der Waals surface area contributed by atoms with E-state index >= 15 is 0 Å². The summed E-state index contributed by atoms with van der Waals surface area (Å²) in [6.07, 6.45) is 0. The molecule has 84 valence electrons. The Bertz CT molecular complexity index is 420. The Morgan fingerprint density at radius 2 is 2.27 bits per heavy atom. The van der Waals surface area contributed by atoms with E-state index in [1.54, 1.807) is 18.2 Å². The highest BCUT2D eigenvalue weighted by molar-refractivity contribution is 8.00. The Hall–Kier alpha value is -0.790. The highest BCUT2D eigenvalue weighted by Gasteiger charge is 2.04. The van der Waals surface area contributed by atoms with Crippen LogP contribution in [0.4, 0.5) is 0 Å². The summed E-state index contributed by atoms with van der Waals surface area (Å²) in [6, 6.07) is 5.31. The molecular formula is C8H12N2O3S2. The zero-order valence-electron chi connectivity index (χ0n) is 8.21. The molecule has 0 saturated heterocycles. The highest BCUT2D eigenvalue weighted by Crippen LogP contribution is 2.18. The summed E-state index contributed by atoms with van der Waals surface area (Å²) in [5.41, 5.74) is 0. The quantitative estimate of drug-likeness (QED) is 0.766. The second-order valence-electron chi connectivity index (χ2n) is 2.73. The zero-order chi connectivity index (χ0) is 11.3. The zero-order valence-corrected chi connectivity index (χ0v) is 9.85. The van der Waals surface area contributed by atoms with Gasteiger partial charge in [0.25, 0.3) is 0 Å². The molecule has 0 spiro atoms. The molecule has 0 aromatic carbocycles. The maximum atomic E-state index is 10.7. The smallest absolute Gasteiger partial charge is 0.213 e. The number of primary sulfonamides is 1. The number of hydrogen-bond donors (Lipinski definition) is 1. The number of sulfonamides is 1. The van der Waals surface area contributed by atoms with Gasteiger partial charge in [-0.3, -0.25) is 0 Å². The molecule has 0 amide bonds. The number of thioether (sulfide) groups is 1. The summed E-state index contributed by atoms with van der Waals surface area (Å²) in [6.45, 7) is 0. The number of nitrogens with two attached hydrogens (primary N) is 1. The monoisotopic (exact) mass is 248 g/mol. The van der Waals surface area contributed by atoms with Crippen LogP contribution in [0.3, 0.4) is 0 Å². The van der Waals surface area contributed by atoms with Crippen LogP contribution < -0.4 is 9.88 Å². The molecule has 0 fully saturated rings. The van der Waals surface area contributed by atoms with Gasteiger partial charge in [0.1, 0.15) is 5.03 Å². The van der Waals surface area contributed by atoms with E-state index < -0.39 is 10.0 Å². The highest BCUT2D eigenvalue weighted by atomic mass is 32.2. The first-order chi connectivity index (χ1) is 7.01. The van der Waals surface area contributed by atoms with Gasteiger partial charge in [0.05, 0.1) is 12.9 Å². The van der Waals surface area contributed by atoms with Gasteiger partial charge in [-0.15, -0.1) is 11.8 Å². The van der Waals surface area contributed by atoms with Gasteiger partial charge in [-0.05, 0) is 6.07 Å². The first kappa shape index (κ1) is 12.3. The van der Waals surface area contributed by atoms with Crippen molar-refractivity contribution in [3.05, 3.63) is 18.2 Å². The van der Waals surface area contributed by atoms with Crippen LogP contribution in [-0.2, 0) is 10.0 Å². The summed E-state index contributed by atoms with van der Waals surface area (Å²) in [7, 11) is -1.86. The minimum Gasteiger partial charge on any atom is -0.481 e. The molecule has 0 radical (unpaired) electrons. The lowest BCUT2D eigenvalue weighted by molar-refractivity contribution is 0.394. The van der Waals surface area contributed by atoms with E-state index in [2.05, 4.69) is 4.98 Å². The van der Waals surface area contributed by atoms with Crippen molar-refractivity contribution in [1.29, 1.82) is 0 Å². The van der Waals surface area contributed by atoms with Gasteiger partial charge in [-0.1, -0.05) is 6.07 Å². The molecule has 0 atom stereocenters. The van der Waals surface area contributed by atoms with Gasteiger partial charge in [0.2, 0.25) is 15.9 Å². The molecule has 15 heavy (non-hydrogen) atoms. The fourth-order valence-corrected chi connectivity index (χ4v) is 2.65. The Kier molecular flexibility index (Phi) is 4.37. The first-order valence-corrected chi connectivity index (χ1v) is 6.86. The van der Waals surface area contributed by atoms with E-state index in [-0.39, 0.29) is 5.75 Å². The maximum absolute atomic E-state index is 10.7. The van der Waals surface area contributed by atoms with Crippen LogP contribution in [0.2, 0.25) is 0 Å². The van der Waals surface area contributed by atoms with Crippen molar-refractivity contribution in [2.24, 2.45) is 5.14 Å². The Balaban J connectivity index is 2.51. The largest absolute Gasteiger partial charge is 0.481 e. The predicted octanol–water partition coefficient (Wildman–Crippen LogP) is 0.471. The van der Waals surface area contributed by atoms with Crippen molar-refractivity contribution in [3.8, 4) is 5.88 Å². The Morgan fingerprint density at radius 1 is 1.53 bits per heavy atom. The van der Waals surface area contributed by atoms with E-state index in [0.717, 1.165) is 5.03 Å². The van der Waals surface area contributed by atoms with Crippen molar-refractivity contribution in [3.63, 3.8) is 0 Å². The number of hydrogen-bond acceptors (Lipinski definition) is 5. The number of ether oxygens (including phenoxy) is 1. The van der Waals surface area contributed by atoms with Crippen LogP contribution in [-0.4, -0.2) is 32.0 Å². The van der Waals surface area contributed by atoms with Crippen LogP contribution in [0.15, 0.2) is 23.2 Å². The number of rotatable bonds is 5. The van der Waals surface area contributed by atoms with Gasteiger partial charge in [-0.25, -0.2) is 18.5 Å². The minimum atomic E-state index is -3.39. The molecule has 1 aromatic rings.